The molecule has 8 N–H and O–H groups in total. The lowest BCUT2D eigenvalue weighted by molar-refractivity contribution is 0.0145. The Bertz CT molecular complexity index is 6560. The Balaban J connectivity index is 0.000000120. The molecule has 638 valence electrons. The molecule has 0 radical (unpaired) electrons. The number of nitrogen functional groups attached to an aromatic ring is 3. The van der Waals surface area contributed by atoms with Crippen molar-refractivity contribution in [2.45, 2.75) is 146 Å². The number of nitrogens with one attached hydrogen (secondary N) is 2. The number of nitrogens with zero attached hydrogens (tertiary/aromatic N) is 17. The highest BCUT2D eigenvalue weighted by molar-refractivity contribution is 5.95. The zero-order chi connectivity index (χ0) is 85.4. The molecular weight excluding hydrogens is 1570 g/mol. The van der Waals surface area contributed by atoms with Crippen LogP contribution in [0.25, 0.3) is 117 Å². The minimum absolute atomic E-state index is 0.215. The van der Waals surface area contributed by atoms with E-state index in [1.165, 1.54) is 38.5 Å². The van der Waals surface area contributed by atoms with Gasteiger partial charge in [0.15, 0.2) is 0 Å². The molecule has 0 bridgehead atoms. The van der Waals surface area contributed by atoms with Gasteiger partial charge in [-0.05, 0) is 159 Å². The van der Waals surface area contributed by atoms with Gasteiger partial charge in [0.2, 0.25) is 0 Å². The summed E-state index contributed by atoms with van der Waals surface area (Å²) in [6.07, 6.45) is 30.3. The van der Waals surface area contributed by atoms with E-state index in [4.69, 9.17) is 51.8 Å². The van der Waals surface area contributed by atoms with E-state index < -0.39 is 5.60 Å². The largest absolute Gasteiger partial charge is 0.444 e. The van der Waals surface area contributed by atoms with Gasteiger partial charge in [0.25, 0.3) is 0 Å². The maximum atomic E-state index is 12.4. The molecule has 24 nitrogen and oxygen atoms in total. The number of fused-ring (bicyclic) bond motifs is 6. The van der Waals surface area contributed by atoms with Crippen LogP contribution in [0.4, 0.5) is 22.2 Å². The number of aromatic nitrogens is 14. The summed E-state index contributed by atoms with van der Waals surface area (Å²) in [5, 5.41) is 10.8. The molecular formula is C102H108N22O2. The minimum Gasteiger partial charge on any atom is -0.444 e. The van der Waals surface area contributed by atoms with Gasteiger partial charge in [-0.2, -0.15) is 0 Å². The number of hydrogen-bond acceptors (Lipinski definition) is 20. The van der Waals surface area contributed by atoms with Gasteiger partial charge in [-0.1, -0.05) is 158 Å². The Labute approximate surface area is 733 Å². The lowest BCUT2D eigenvalue weighted by atomic mass is 9.77. The highest BCUT2D eigenvalue weighted by Gasteiger charge is 2.41. The van der Waals surface area contributed by atoms with E-state index in [2.05, 4.69) is 186 Å². The number of rotatable bonds is 19. The van der Waals surface area contributed by atoms with E-state index in [1.54, 1.807) is 18.6 Å². The van der Waals surface area contributed by atoms with Crippen molar-refractivity contribution in [3.05, 3.63) is 261 Å². The Kier molecular flexibility index (Phi) is 23.0. The molecule has 4 saturated carbocycles. The molecule has 24 heteroatoms. The first-order valence-corrected chi connectivity index (χ1v) is 45.1. The Morgan fingerprint density at radius 3 is 1.25 bits per heavy atom. The first kappa shape index (κ1) is 81.4. The second-order valence-electron chi connectivity index (χ2n) is 36.2. The number of piperidine rings is 1. The quantitative estimate of drug-likeness (QED) is 0.0502. The predicted octanol–water partition coefficient (Wildman–Crippen LogP) is 18.0. The Morgan fingerprint density at radius 2 is 0.825 bits per heavy atom. The van der Waals surface area contributed by atoms with Crippen LogP contribution in [-0.4, -0.2) is 171 Å². The SMILES string of the molecule is CC(C)(C)OC(=O)N1CCN(CCNC2CC(c3nc(-c4ccc5ccc(-c6ccccc6)nc5c4)c4c(N)nccn34)C2)CC1.Nc1nccn2c(C3CC(N4CCC(Cc5ncccn5)CC4)C3)nc(-c3ccc4ccc(-c5ccccc5)nc4c3)c12.Nc1nccn2c(C3CC(NCC4CCCC4)C3)nc(-c3ccc4ccc(-c5ccccc5)nc4c3)c12. The fourth-order valence-corrected chi connectivity index (χ4v) is 19.6. The number of amides is 1. The molecule has 0 atom stereocenters. The van der Waals surface area contributed by atoms with Crippen molar-refractivity contribution in [3.8, 4) is 67.5 Å². The van der Waals surface area contributed by atoms with Crippen LogP contribution in [0.2, 0.25) is 0 Å². The van der Waals surface area contributed by atoms with Crippen LogP contribution in [0.1, 0.15) is 139 Å². The number of nitrogens with two attached hydrogens (primary N) is 3. The number of likely N-dealkylation sites (tertiary alicyclic amines) is 1. The molecule has 12 heterocycles. The zero-order valence-electron chi connectivity index (χ0n) is 71.8. The average molecular weight is 1670 g/mol. The second-order valence-corrected chi connectivity index (χ2v) is 36.2. The van der Waals surface area contributed by atoms with Crippen LogP contribution >= 0.6 is 0 Å². The van der Waals surface area contributed by atoms with Gasteiger partial charge < -0.3 is 42.4 Å². The summed E-state index contributed by atoms with van der Waals surface area (Å²) in [6, 6.07) is 66.0. The molecule has 16 aromatic rings. The van der Waals surface area contributed by atoms with Crippen LogP contribution < -0.4 is 27.8 Å². The summed E-state index contributed by atoms with van der Waals surface area (Å²) in [6.45, 7) is 14.2. The fourth-order valence-electron chi connectivity index (χ4n) is 19.6. The van der Waals surface area contributed by atoms with Gasteiger partial charge in [-0.15, -0.1) is 0 Å². The maximum absolute atomic E-state index is 12.4. The molecule has 0 unspecified atom stereocenters. The van der Waals surface area contributed by atoms with Gasteiger partial charge in [-0.3, -0.25) is 18.1 Å². The third kappa shape index (κ3) is 17.4. The molecule has 6 aliphatic rings. The molecule has 4 aliphatic carbocycles. The van der Waals surface area contributed by atoms with Crippen LogP contribution in [0.5, 0.6) is 0 Å². The molecule has 1 amide bonds. The topological polar surface area (TPSA) is 293 Å². The van der Waals surface area contributed by atoms with E-state index in [0.29, 0.717) is 72.3 Å². The number of pyridine rings is 3. The number of anilines is 3. The minimum atomic E-state index is -0.465. The summed E-state index contributed by atoms with van der Waals surface area (Å²) >= 11 is 0. The van der Waals surface area contributed by atoms with E-state index >= 15 is 0 Å². The molecule has 0 spiro atoms. The summed E-state index contributed by atoms with van der Waals surface area (Å²) in [7, 11) is 0. The lowest BCUT2D eigenvalue weighted by Gasteiger charge is -2.45. The summed E-state index contributed by atoms with van der Waals surface area (Å²) < 4.78 is 12.0. The van der Waals surface area contributed by atoms with Crippen molar-refractivity contribution in [2.24, 2.45) is 11.8 Å². The smallest absolute Gasteiger partial charge is 0.410 e. The number of carbonyl (C=O) groups is 1. The van der Waals surface area contributed by atoms with Crippen LogP contribution in [0.15, 0.2) is 238 Å². The first-order valence-electron chi connectivity index (χ1n) is 45.1. The molecule has 2 aliphatic heterocycles. The van der Waals surface area contributed by atoms with Crippen LogP contribution in [0.3, 0.4) is 0 Å². The Hall–Kier alpha value is -13.0. The summed E-state index contributed by atoms with van der Waals surface area (Å²) in [4.78, 5) is 72.0. The van der Waals surface area contributed by atoms with Gasteiger partial charge in [0, 0.05) is 181 Å². The lowest BCUT2D eigenvalue weighted by Crippen LogP contribution is -2.52. The predicted molar refractivity (Wildman–Crippen MR) is 500 cm³/mol. The highest BCUT2D eigenvalue weighted by atomic mass is 16.6. The standard InChI is InChI=1S/C36H42N8O2.C35H34N8.C31H32N6/c1-36(2,3)46-35(45)43-19-17-42(18-20-43)15-13-38-28-21-27(22-28)34-41-31(32-33(37)39-14-16-44(32)34)26-10-9-25-11-12-29(40-30(25)23-26)24-7-5-4-6-8-24;36-34-33-32(26-8-7-25-9-10-29(40-30(25)22-26)24-5-2-1-3-6-24)41-35(43(33)18-15-39-34)27-20-28(21-27)42-16-11-23(12-17-42)19-31-37-13-4-14-38-31;32-30-29-28(23-11-10-22-12-13-26(35-27(22)18-23)21-8-2-1-3-9-21)36-31(37(29)15-14-33-30)24-16-25(17-24)34-19-20-6-4-5-7-20/h4-12,14,16,23,27-28,38H,13,15,17-22H2,1-3H3,(H2,37,39);1-10,13-15,18,22-23,27-28H,11-12,16-17,19-21H2,(H2,36,39);1-3,8-15,18,20,24-25,34H,4-7,16-17,19H2,(H2,32,33). The molecule has 10 aromatic heterocycles. The number of benzene rings is 6. The molecule has 2 saturated heterocycles. The number of imidazole rings is 3. The zero-order valence-corrected chi connectivity index (χ0v) is 71.8. The molecule has 6 fully saturated rings. The molecule has 22 rings (SSSR count). The normalized spacial score (nSPS) is 19.5. The van der Waals surface area contributed by atoms with Crippen molar-refractivity contribution in [2.75, 3.05) is 76.1 Å². The number of hydrogen-bond donors (Lipinski definition) is 5. The highest BCUT2D eigenvalue weighted by Crippen LogP contribution is 2.46. The average Bonchev–Trinajstić information content (AvgIpc) is 1.60. The number of piperazine rings is 1. The number of carbonyl (C=O) groups excluding carboxylic acids is 1. The second kappa shape index (κ2) is 35.6. The van der Waals surface area contributed by atoms with Crippen molar-refractivity contribution in [1.82, 2.24) is 93.4 Å². The van der Waals surface area contributed by atoms with E-state index in [-0.39, 0.29) is 6.09 Å². The van der Waals surface area contributed by atoms with Gasteiger partial charge in [-0.25, -0.2) is 59.6 Å². The van der Waals surface area contributed by atoms with E-state index in [1.807, 2.05) is 117 Å². The van der Waals surface area contributed by atoms with E-state index in [9.17, 15) is 4.79 Å². The van der Waals surface area contributed by atoms with Gasteiger partial charge in [0.1, 0.15) is 80.0 Å². The van der Waals surface area contributed by atoms with Crippen LogP contribution in [-0.2, 0) is 11.2 Å². The van der Waals surface area contributed by atoms with Crippen molar-refractivity contribution < 1.29 is 9.53 Å². The van der Waals surface area contributed by atoms with Crippen molar-refractivity contribution in [3.63, 3.8) is 0 Å². The van der Waals surface area contributed by atoms with Gasteiger partial charge in [0.05, 0.1) is 33.6 Å². The third-order valence-corrected chi connectivity index (χ3v) is 26.7. The monoisotopic (exact) mass is 1670 g/mol. The molecule has 6 aromatic carbocycles. The Morgan fingerprint density at radius 1 is 0.421 bits per heavy atom. The first-order chi connectivity index (χ1) is 61.6. The van der Waals surface area contributed by atoms with Gasteiger partial charge >= 0.3 is 6.09 Å². The number of ether oxygens (including phenoxy) is 1. The summed E-state index contributed by atoms with van der Waals surface area (Å²) in [5.41, 5.74) is 36.1. The van der Waals surface area contributed by atoms with Crippen molar-refractivity contribution >= 4 is 72.8 Å². The third-order valence-electron chi connectivity index (χ3n) is 26.7. The van der Waals surface area contributed by atoms with Crippen molar-refractivity contribution in [1.29, 1.82) is 0 Å². The van der Waals surface area contributed by atoms with E-state index in [0.717, 1.165) is 237 Å². The maximum Gasteiger partial charge on any atom is 0.410 e. The molecule has 126 heavy (non-hydrogen) atoms. The van der Waals surface area contributed by atoms with Crippen LogP contribution in [0, 0.1) is 11.8 Å². The fraction of sp³-hybridized carbons (Fsp3) is 0.333. The summed E-state index contributed by atoms with van der Waals surface area (Å²) in [5.74, 6) is 8.35.